The topological polar surface area (TPSA) is 0 Å². The molecule has 0 spiro atoms. The van der Waals surface area contributed by atoms with Gasteiger partial charge in [-0.05, 0) is 22.9 Å². The number of thiophene rings is 2. The van der Waals surface area contributed by atoms with E-state index in [1.807, 2.05) is 22.7 Å². The highest BCUT2D eigenvalue weighted by Crippen LogP contribution is 1.97. The van der Waals surface area contributed by atoms with Crippen LogP contribution in [0.2, 0.25) is 0 Å². The largest absolute Gasteiger partial charge is 0.381 e. The van der Waals surface area contributed by atoms with Crippen molar-refractivity contribution in [3.63, 3.8) is 0 Å². The summed E-state index contributed by atoms with van der Waals surface area (Å²) in [5, 5.41) is 4.31. The average Bonchev–Trinajstić information content (AvgIpc) is 2.60. The lowest BCUT2D eigenvalue weighted by Gasteiger charge is -1.69. The van der Waals surface area contributed by atoms with E-state index < -0.39 is 0 Å². The van der Waals surface area contributed by atoms with Crippen LogP contribution in [-0.4, -0.2) is 0 Å². The normalized spacial score (nSPS) is 10.2. The van der Waals surface area contributed by atoms with Crippen molar-refractivity contribution in [1.82, 2.24) is 0 Å². The van der Waals surface area contributed by atoms with Crippen LogP contribution in [0.3, 0.4) is 0 Å². The molecular formula is C8H6IS2+. The molecule has 2 heterocycles. The van der Waals surface area contributed by atoms with Gasteiger partial charge in [-0.2, -0.15) is 0 Å². The maximum Gasteiger partial charge on any atom is 0.381 e. The fraction of sp³-hybridized carbons (Fsp3) is 0. The van der Waals surface area contributed by atoms with Crippen LogP contribution >= 0.6 is 22.7 Å². The summed E-state index contributed by atoms with van der Waals surface area (Å²) in [5.41, 5.74) is 0. The van der Waals surface area contributed by atoms with E-state index in [4.69, 9.17) is 0 Å². The third kappa shape index (κ3) is 2.04. The zero-order chi connectivity index (χ0) is 7.52. The molecule has 0 aromatic carbocycles. The van der Waals surface area contributed by atoms with E-state index in [0.717, 1.165) is 0 Å². The van der Waals surface area contributed by atoms with Crippen LogP contribution in [0.15, 0.2) is 35.0 Å². The predicted octanol–water partition coefficient (Wildman–Crippen LogP) is -0.0620. The molecule has 0 bridgehead atoms. The summed E-state index contributed by atoms with van der Waals surface area (Å²) in [6, 6.07) is 8.73. The summed E-state index contributed by atoms with van der Waals surface area (Å²) in [6.07, 6.45) is 0. The van der Waals surface area contributed by atoms with Gasteiger partial charge in [0.2, 0.25) is 5.77 Å². The molecule has 0 nitrogen and oxygen atoms in total. The average molecular weight is 293 g/mol. The molecule has 0 saturated heterocycles. The van der Waals surface area contributed by atoms with Gasteiger partial charge in [0.1, 0.15) is 0 Å². The van der Waals surface area contributed by atoms with Gasteiger partial charge < -0.3 is 0 Å². The predicted molar refractivity (Wildman–Crippen MR) is 46.0 cm³/mol. The molecule has 2 aromatic heterocycles. The molecule has 2 rings (SSSR count). The van der Waals surface area contributed by atoms with Gasteiger partial charge in [-0.1, -0.05) is 22.7 Å². The van der Waals surface area contributed by atoms with E-state index in [-0.39, 0.29) is 21.2 Å². The van der Waals surface area contributed by atoms with Gasteiger partial charge >= 0.3 is 21.2 Å². The molecular weight excluding hydrogens is 287 g/mol. The van der Waals surface area contributed by atoms with Crippen LogP contribution in [0.4, 0.5) is 0 Å². The summed E-state index contributed by atoms with van der Waals surface area (Å²) < 4.78 is 3.12. The molecule has 0 unspecified atom stereocenters. The first-order valence-electron chi connectivity index (χ1n) is 3.17. The SMILES string of the molecule is c1csc([I+]c2cccs2)c1. The van der Waals surface area contributed by atoms with Crippen LogP contribution in [-0.2, 0) is 0 Å². The number of rotatable bonds is 2. The summed E-state index contributed by atoms with van der Waals surface area (Å²) >= 11 is 3.89. The summed E-state index contributed by atoms with van der Waals surface area (Å²) in [6.45, 7) is 0. The Morgan fingerprint density at radius 3 is 1.82 bits per heavy atom. The maximum atomic E-state index is 2.23. The molecule has 0 aliphatic carbocycles. The first-order valence-corrected chi connectivity index (χ1v) is 7.09. The minimum absolute atomic E-state index is 0.141. The van der Waals surface area contributed by atoms with Crippen molar-refractivity contribution in [1.29, 1.82) is 0 Å². The third-order valence-corrected chi connectivity index (χ3v) is 6.81. The molecule has 0 aliphatic heterocycles. The number of hydrogen-bond donors (Lipinski definition) is 0. The van der Waals surface area contributed by atoms with E-state index in [1.54, 1.807) is 5.77 Å². The lowest BCUT2D eigenvalue weighted by molar-refractivity contribution is -0.585. The van der Waals surface area contributed by atoms with Crippen molar-refractivity contribution < 1.29 is 21.2 Å². The first kappa shape index (κ1) is 7.76. The first-order chi connectivity index (χ1) is 5.45. The lowest BCUT2D eigenvalue weighted by Crippen LogP contribution is -3.61. The van der Waals surface area contributed by atoms with Gasteiger partial charge in [0.05, 0.1) is 0 Å². The molecule has 0 N–H and O–H groups in total. The van der Waals surface area contributed by atoms with Crippen molar-refractivity contribution in [3.8, 4) is 0 Å². The fourth-order valence-electron chi connectivity index (χ4n) is 0.716. The highest BCUT2D eigenvalue weighted by Gasteiger charge is 2.16. The van der Waals surface area contributed by atoms with Crippen LogP contribution in [0.1, 0.15) is 0 Å². The Morgan fingerprint density at radius 1 is 0.909 bits per heavy atom. The smallest absolute Gasteiger partial charge is 0.0962 e. The van der Waals surface area contributed by atoms with Crippen molar-refractivity contribution in [2.75, 3.05) is 0 Å². The third-order valence-electron chi connectivity index (χ3n) is 1.16. The highest BCUT2D eigenvalue weighted by molar-refractivity contribution is 7.08. The molecule has 2 aromatic rings. The van der Waals surface area contributed by atoms with Crippen molar-refractivity contribution in [3.05, 3.63) is 40.8 Å². The Bertz CT molecular complexity index is 264. The Morgan fingerprint density at radius 2 is 1.45 bits per heavy atom. The zero-order valence-electron chi connectivity index (χ0n) is 5.66. The lowest BCUT2D eigenvalue weighted by atomic mass is 10.7. The summed E-state index contributed by atoms with van der Waals surface area (Å²) in [5.74, 6) is 0. The minimum Gasteiger partial charge on any atom is -0.0962 e. The second kappa shape index (κ2) is 3.69. The summed E-state index contributed by atoms with van der Waals surface area (Å²) in [4.78, 5) is 0. The Balaban J connectivity index is 2.14. The van der Waals surface area contributed by atoms with Crippen molar-refractivity contribution in [2.45, 2.75) is 0 Å². The summed E-state index contributed by atoms with van der Waals surface area (Å²) in [7, 11) is 0. The van der Waals surface area contributed by atoms with Crippen molar-refractivity contribution in [2.24, 2.45) is 0 Å². The second-order valence-electron chi connectivity index (χ2n) is 1.93. The molecule has 56 valence electrons. The number of hydrogen-bond acceptors (Lipinski definition) is 2. The van der Waals surface area contributed by atoms with Crippen LogP contribution < -0.4 is 21.2 Å². The minimum atomic E-state index is 0.141. The van der Waals surface area contributed by atoms with E-state index in [0.29, 0.717) is 0 Å². The monoisotopic (exact) mass is 293 g/mol. The maximum absolute atomic E-state index is 2.23. The quantitative estimate of drug-likeness (QED) is 0.681. The van der Waals surface area contributed by atoms with Gasteiger partial charge in [0.25, 0.3) is 0 Å². The van der Waals surface area contributed by atoms with Crippen LogP contribution in [0.5, 0.6) is 0 Å². The molecule has 11 heavy (non-hydrogen) atoms. The fourth-order valence-corrected chi connectivity index (χ4v) is 6.08. The Labute approximate surface area is 84.2 Å². The molecule has 0 atom stereocenters. The molecule has 0 fully saturated rings. The van der Waals surface area contributed by atoms with Crippen LogP contribution in [0, 0.1) is 5.77 Å². The Hall–Kier alpha value is 0.130. The molecule has 0 aliphatic rings. The molecule has 0 saturated carbocycles. The second-order valence-corrected chi connectivity index (χ2v) is 8.15. The Kier molecular flexibility index (Phi) is 2.60. The van der Waals surface area contributed by atoms with Gasteiger partial charge in [-0.15, -0.1) is 0 Å². The van der Waals surface area contributed by atoms with Gasteiger partial charge in [0, 0.05) is 12.1 Å². The standard InChI is InChI=1S/C8H6IS2/c1-3-7(10-5-1)9-8-4-2-6-11-8/h1-6H/q+1. The molecule has 3 heteroatoms. The van der Waals surface area contributed by atoms with Gasteiger partial charge in [0.15, 0.2) is 0 Å². The van der Waals surface area contributed by atoms with Crippen molar-refractivity contribution >= 4 is 22.7 Å². The van der Waals surface area contributed by atoms with E-state index >= 15 is 0 Å². The van der Waals surface area contributed by atoms with Crippen LogP contribution in [0.25, 0.3) is 0 Å². The van der Waals surface area contributed by atoms with E-state index in [9.17, 15) is 0 Å². The highest BCUT2D eigenvalue weighted by atomic mass is 127. The molecule has 0 amide bonds. The van der Waals surface area contributed by atoms with E-state index in [1.165, 1.54) is 0 Å². The van der Waals surface area contributed by atoms with E-state index in [2.05, 4.69) is 35.0 Å². The van der Waals surface area contributed by atoms with Gasteiger partial charge in [-0.3, -0.25) is 0 Å². The van der Waals surface area contributed by atoms with Gasteiger partial charge in [-0.25, -0.2) is 0 Å². The molecule has 0 radical (unpaired) electrons. The zero-order valence-corrected chi connectivity index (χ0v) is 9.45. The number of halogens is 1.